The van der Waals surface area contributed by atoms with E-state index in [0.717, 1.165) is 6.29 Å². The van der Waals surface area contributed by atoms with Crippen LogP contribution in [0.15, 0.2) is 0 Å². The van der Waals surface area contributed by atoms with Crippen molar-refractivity contribution in [2.75, 3.05) is 7.11 Å². The van der Waals surface area contributed by atoms with E-state index in [1.807, 2.05) is 13.8 Å². The van der Waals surface area contributed by atoms with Gasteiger partial charge in [0.1, 0.15) is 12.4 Å². The first kappa shape index (κ1) is 12.9. The highest BCUT2D eigenvalue weighted by molar-refractivity contribution is 5.63. The topological polar surface area (TPSA) is 52.6 Å². The Hall–Kier alpha value is -1.06. The normalized spacial score (nSPS) is 13.6. The lowest BCUT2D eigenvalue weighted by molar-refractivity contribution is -0.123. The second kappa shape index (κ2) is 4.98. The zero-order valence-electron chi connectivity index (χ0n) is 9.37. The molecule has 0 heterocycles. The van der Waals surface area contributed by atoms with Crippen LogP contribution in [0.25, 0.3) is 0 Å². The minimum absolute atomic E-state index is 0.0642. The zero-order valence-corrected chi connectivity index (χ0v) is 9.37. The summed E-state index contributed by atoms with van der Waals surface area (Å²) in [5.41, 5.74) is -0.692. The van der Waals surface area contributed by atoms with Gasteiger partial charge in [0.05, 0.1) is 12.5 Å². The van der Waals surface area contributed by atoms with Gasteiger partial charge >= 0.3 is 6.16 Å². The monoisotopic (exact) mass is 202 g/mol. The van der Waals surface area contributed by atoms with Gasteiger partial charge in [-0.1, -0.05) is 13.8 Å². The van der Waals surface area contributed by atoms with E-state index in [1.165, 1.54) is 7.11 Å². The van der Waals surface area contributed by atoms with Gasteiger partial charge in [-0.25, -0.2) is 4.79 Å². The smallest absolute Gasteiger partial charge is 0.438 e. The maximum Gasteiger partial charge on any atom is 0.508 e. The van der Waals surface area contributed by atoms with Crippen LogP contribution in [-0.2, 0) is 14.3 Å². The lowest BCUT2D eigenvalue weighted by Gasteiger charge is -2.31. The predicted molar refractivity (Wildman–Crippen MR) is 52.0 cm³/mol. The molecular weight excluding hydrogens is 184 g/mol. The number of aldehydes is 1. The summed E-state index contributed by atoms with van der Waals surface area (Å²) in [5, 5.41) is 0. The van der Waals surface area contributed by atoms with Crippen molar-refractivity contribution in [1.29, 1.82) is 0 Å². The van der Waals surface area contributed by atoms with Gasteiger partial charge in [-0.05, 0) is 19.8 Å². The van der Waals surface area contributed by atoms with Crippen LogP contribution in [0.5, 0.6) is 0 Å². The minimum Gasteiger partial charge on any atom is -0.438 e. The summed E-state index contributed by atoms with van der Waals surface area (Å²) in [4.78, 5) is 21.7. The van der Waals surface area contributed by atoms with Crippen LogP contribution < -0.4 is 0 Å². The molecule has 0 fully saturated rings. The summed E-state index contributed by atoms with van der Waals surface area (Å²) >= 11 is 0. The van der Waals surface area contributed by atoms with Crippen molar-refractivity contribution < 1.29 is 19.1 Å². The van der Waals surface area contributed by atoms with Crippen molar-refractivity contribution in [2.24, 2.45) is 11.3 Å². The third-order valence-electron chi connectivity index (χ3n) is 2.03. The summed E-state index contributed by atoms with van der Waals surface area (Å²) < 4.78 is 9.42. The van der Waals surface area contributed by atoms with Gasteiger partial charge in [-0.3, -0.25) is 0 Å². The summed E-state index contributed by atoms with van der Waals surface area (Å²) in [7, 11) is 1.24. The molecule has 1 unspecified atom stereocenters. The molecule has 0 saturated carbocycles. The van der Waals surface area contributed by atoms with Crippen molar-refractivity contribution in [3.8, 4) is 0 Å². The SMILES string of the molecule is COC(=O)OC(C(C)C)C(C)(C)C=O. The molecule has 4 heteroatoms. The molecule has 14 heavy (non-hydrogen) atoms. The molecule has 0 aliphatic heterocycles. The average Bonchev–Trinajstić information content (AvgIpc) is 2.12. The van der Waals surface area contributed by atoms with Gasteiger partial charge in [-0.15, -0.1) is 0 Å². The van der Waals surface area contributed by atoms with Crippen LogP contribution in [0, 0.1) is 11.3 Å². The summed E-state index contributed by atoms with van der Waals surface area (Å²) in [6, 6.07) is 0. The van der Waals surface area contributed by atoms with E-state index in [0.29, 0.717) is 0 Å². The molecule has 0 rings (SSSR count). The Balaban J connectivity index is 4.60. The van der Waals surface area contributed by atoms with Gasteiger partial charge in [0.15, 0.2) is 0 Å². The number of carbonyl (C=O) groups excluding carboxylic acids is 2. The third kappa shape index (κ3) is 3.36. The van der Waals surface area contributed by atoms with Crippen molar-refractivity contribution in [2.45, 2.75) is 33.8 Å². The van der Waals surface area contributed by atoms with E-state index >= 15 is 0 Å². The molecular formula is C10H18O4. The van der Waals surface area contributed by atoms with Gasteiger partial charge < -0.3 is 14.3 Å². The molecule has 0 bridgehead atoms. The van der Waals surface area contributed by atoms with E-state index in [1.54, 1.807) is 13.8 Å². The first-order valence-electron chi connectivity index (χ1n) is 4.56. The Morgan fingerprint density at radius 1 is 1.36 bits per heavy atom. The van der Waals surface area contributed by atoms with Crippen LogP contribution in [0.1, 0.15) is 27.7 Å². The van der Waals surface area contributed by atoms with Crippen LogP contribution in [0.3, 0.4) is 0 Å². The molecule has 0 saturated heterocycles. The number of ether oxygens (including phenoxy) is 2. The summed E-state index contributed by atoms with van der Waals surface area (Å²) in [5.74, 6) is 0.0642. The van der Waals surface area contributed by atoms with Gasteiger partial charge in [0.2, 0.25) is 0 Å². The lowest BCUT2D eigenvalue weighted by atomic mass is 9.82. The maximum atomic E-state index is 10.9. The van der Waals surface area contributed by atoms with Crippen molar-refractivity contribution in [1.82, 2.24) is 0 Å². The first-order valence-corrected chi connectivity index (χ1v) is 4.56. The Morgan fingerprint density at radius 2 is 1.86 bits per heavy atom. The molecule has 0 aromatic carbocycles. The number of methoxy groups -OCH3 is 1. The van der Waals surface area contributed by atoms with E-state index < -0.39 is 17.7 Å². The maximum absolute atomic E-state index is 10.9. The van der Waals surface area contributed by atoms with Crippen molar-refractivity contribution >= 4 is 12.4 Å². The Kier molecular flexibility index (Phi) is 4.60. The highest BCUT2D eigenvalue weighted by atomic mass is 16.7. The number of carbonyl (C=O) groups is 2. The predicted octanol–water partition coefficient (Wildman–Crippen LogP) is 2.02. The Labute approximate surface area is 84.6 Å². The molecule has 4 nitrogen and oxygen atoms in total. The van der Waals surface area contributed by atoms with Crippen LogP contribution in [0.4, 0.5) is 4.79 Å². The minimum atomic E-state index is -0.751. The summed E-state index contributed by atoms with van der Waals surface area (Å²) in [6.07, 6.45) is -0.424. The van der Waals surface area contributed by atoms with E-state index in [9.17, 15) is 9.59 Å². The van der Waals surface area contributed by atoms with Crippen molar-refractivity contribution in [3.63, 3.8) is 0 Å². The van der Waals surface area contributed by atoms with E-state index in [-0.39, 0.29) is 5.92 Å². The van der Waals surface area contributed by atoms with Gasteiger partial charge in [0.25, 0.3) is 0 Å². The Morgan fingerprint density at radius 3 is 2.14 bits per heavy atom. The molecule has 0 N–H and O–H groups in total. The highest BCUT2D eigenvalue weighted by Gasteiger charge is 2.35. The largest absolute Gasteiger partial charge is 0.508 e. The fourth-order valence-electron chi connectivity index (χ4n) is 1.37. The fourth-order valence-corrected chi connectivity index (χ4v) is 1.37. The van der Waals surface area contributed by atoms with Crippen LogP contribution in [-0.4, -0.2) is 25.7 Å². The van der Waals surface area contributed by atoms with Crippen LogP contribution >= 0.6 is 0 Å². The molecule has 0 aromatic rings. The van der Waals surface area contributed by atoms with E-state index in [4.69, 9.17) is 4.74 Å². The second-order valence-corrected chi connectivity index (χ2v) is 4.18. The number of hydrogen-bond acceptors (Lipinski definition) is 4. The molecule has 0 amide bonds. The molecule has 0 aliphatic carbocycles. The van der Waals surface area contributed by atoms with Gasteiger partial charge in [0, 0.05) is 0 Å². The Bertz CT molecular complexity index is 208. The molecule has 0 aromatic heterocycles. The fraction of sp³-hybridized carbons (Fsp3) is 0.800. The first-order chi connectivity index (χ1) is 6.35. The molecule has 0 aliphatic rings. The second-order valence-electron chi connectivity index (χ2n) is 4.18. The van der Waals surface area contributed by atoms with E-state index in [2.05, 4.69) is 4.74 Å². The average molecular weight is 202 g/mol. The molecule has 82 valence electrons. The number of hydrogen-bond donors (Lipinski definition) is 0. The van der Waals surface area contributed by atoms with Gasteiger partial charge in [-0.2, -0.15) is 0 Å². The molecule has 1 atom stereocenters. The zero-order chi connectivity index (χ0) is 11.4. The standard InChI is InChI=1S/C10H18O4/c1-7(2)8(10(3,4)6-11)14-9(12)13-5/h6-8H,1-5H3. The third-order valence-corrected chi connectivity index (χ3v) is 2.03. The molecule has 0 spiro atoms. The lowest BCUT2D eigenvalue weighted by Crippen LogP contribution is -2.39. The van der Waals surface area contributed by atoms with Crippen molar-refractivity contribution in [3.05, 3.63) is 0 Å². The summed E-state index contributed by atoms with van der Waals surface area (Å²) in [6.45, 7) is 7.24. The van der Waals surface area contributed by atoms with Crippen LogP contribution in [0.2, 0.25) is 0 Å². The quantitative estimate of drug-likeness (QED) is 0.517. The highest BCUT2D eigenvalue weighted by Crippen LogP contribution is 2.27. The molecule has 0 radical (unpaired) electrons. The number of rotatable bonds is 4.